The average Bonchev–Trinajstić information content (AvgIpc) is 3.45. The normalized spacial score (nSPS) is 17.7. The number of carboxylic acids is 1. The van der Waals surface area contributed by atoms with Crippen LogP contribution in [0.5, 0.6) is 11.5 Å². The molecule has 0 bridgehead atoms. The fraction of sp³-hybridized carbons (Fsp3) is 0.344. The van der Waals surface area contributed by atoms with Gasteiger partial charge in [-0.05, 0) is 101 Å². The third-order valence-corrected chi connectivity index (χ3v) is 7.90. The first-order valence-electron chi connectivity index (χ1n) is 13.0. The molecule has 3 aromatic rings. The van der Waals surface area contributed by atoms with Gasteiger partial charge in [0.15, 0.2) is 0 Å². The van der Waals surface area contributed by atoms with Crippen molar-refractivity contribution in [3.05, 3.63) is 88.5 Å². The van der Waals surface area contributed by atoms with Crippen LogP contribution < -0.4 is 9.47 Å². The molecule has 0 aromatic heterocycles. The molecule has 1 atom stereocenters. The largest absolute Gasteiger partial charge is 0.497 e. The van der Waals surface area contributed by atoms with Gasteiger partial charge in [0.1, 0.15) is 29.7 Å². The number of hydrogen-bond donors (Lipinski definition) is 1. The van der Waals surface area contributed by atoms with Gasteiger partial charge in [0.2, 0.25) is 0 Å². The fourth-order valence-electron chi connectivity index (χ4n) is 5.85. The van der Waals surface area contributed by atoms with Crippen molar-refractivity contribution in [1.29, 1.82) is 0 Å². The van der Waals surface area contributed by atoms with Crippen molar-refractivity contribution in [2.75, 3.05) is 7.11 Å². The molecule has 0 radical (unpaired) electrons. The lowest BCUT2D eigenvalue weighted by molar-refractivity contribution is -0.137. The number of hydrogen-bond acceptors (Lipinski definition) is 3. The van der Waals surface area contributed by atoms with Crippen LogP contribution in [0.15, 0.2) is 54.6 Å². The zero-order valence-electron chi connectivity index (χ0n) is 21.9. The van der Waals surface area contributed by atoms with Crippen molar-refractivity contribution in [2.45, 2.75) is 58.5 Å². The van der Waals surface area contributed by atoms with Gasteiger partial charge in [0.05, 0.1) is 13.5 Å². The lowest BCUT2D eigenvalue weighted by Crippen LogP contribution is -2.10. The maximum atomic E-state index is 15.0. The van der Waals surface area contributed by atoms with Crippen molar-refractivity contribution in [3.8, 4) is 22.6 Å². The van der Waals surface area contributed by atoms with Crippen molar-refractivity contribution in [1.82, 2.24) is 0 Å². The van der Waals surface area contributed by atoms with Gasteiger partial charge in [-0.15, -0.1) is 0 Å². The van der Waals surface area contributed by atoms with Crippen LogP contribution in [-0.4, -0.2) is 18.2 Å². The summed E-state index contributed by atoms with van der Waals surface area (Å²) < 4.78 is 41.2. The molecule has 38 heavy (non-hydrogen) atoms. The number of aliphatic carboxylic acids is 1. The Bertz CT molecular complexity index is 1420. The summed E-state index contributed by atoms with van der Waals surface area (Å²) in [6.45, 7) is 4.59. The maximum absolute atomic E-state index is 15.0. The smallest absolute Gasteiger partial charge is 0.303 e. The van der Waals surface area contributed by atoms with Crippen molar-refractivity contribution in [2.24, 2.45) is 5.41 Å². The Labute approximate surface area is 221 Å². The summed E-state index contributed by atoms with van der Waals surface area (Å²) in [5.41, 5.74) is 5.49. The van der Waals surface area contributed by atoms with Crippen LogP contribution in [-0.2, 0) is 17.8 Å². The molecule has 198 valence electrons. The summed E-state index contributed by atoms with van der Waals surface area (Å²) in [4.78, 5) is 11.3. The second-order valence-electron chi connectivity index (χ2n) is 10.9. The van der Waals surface area contributed by atoms with E-state index >= 15 is 4.39 Å². The second kappa shape index (κ2) is 10.2. The Hall–Kier alpha value is -3.67. The predicted octanol–water partition coefficient (Wildman–Crippen LogP) is 7.93. The van der Waals surface area contributed by atoms with Crippen molar-refractivity contribution >= 4 is 11.5 Å². The molecule has 0 amide bonds. The summed E-state index contributed by atoms with van der Waals surface area (Å²) >= 11 is 0. The molecule has 0 heterocycles. The number of rotatable bonds is 8. The average molecular weight is 519 g/mol. The number of carbonyl (C=O) groups is 1. The molecular formula is C32H32F2O4. The van der Waals surface area contributed by atoms with Gasteiger partial charge >= 0.3 is 5.97 Å². The molecule has 0 unspecified atom stereocenters. The van der Waals surface area contributed by atoms with E-state index in [9.17, 15) is 14.3 Å². The zero-order valence-corrected chi connectivity index (χ0v) is 21.9. The molecule has 0 fully saturated rings. The van der Waals surface area contributed by atoms with E-state index in [0.717, 1.165) is 40.7 Å². The van der Waals surface area contributed by atoms with Crippen LogP contribution in [0.1, 0.15) is 67.7 Å². The SMILES string of the molecule is COc1ccc(F)c(-c2ccc(COc3cc(F)c4c(c3)[C@@H](CC(=O)O)CC4)cc2C2=CCCC2(C)C)c1. The quantitative estimate of drug-likeness (QED) is 0.329. The van der Waals surface area contributed by atoms with E-state index in [1.807, 2.05) is 18.2 Å². The van der Waals surface area contributed by atoms with E-state index in [0.29, 0.717) is 35.5 Å². The van der Waals surface area contributed by atoms with Gasteiger partial charge in [0, 0.05) is 11.6 Å². The predicted molar refractivity (Wildman–Crippen MR) is 143 cm³/mol. The molecule has 0 saturated carbocycles. The van der Waals surface area contributed by atoms with Crippen LogP contribution >= 0.6 is 0 Å². The van der Waals surface area contributed by atoms with E-state index in [-0.39, 0.29) is 36.0 Å². The maximum Gasteiger partial charge on any atom is 0.303 e. The summed E-state index contributed by atoms with van der Waals surface area (Å²) in [6, 6.07) is 13.7. The fourth-order valence-corrected chi connectivity index (χ4v) is 5.85. The number of carboxylic acid groups (broad SMARTS) is 1. The topological polar surface area (TPSA) is 55.8 Å². The Morgan fingerprint density at radius 3 is 2.53 bits per heavy atom. The van der Waals surface area contributed by atoms with Gasteiger partial charge in [0.25, 0.3) is 0 Å². The van der Waals surface area contributed by atoms with Gasteiger partial charge in [-0.3, -0.25) is 4.79 Å². The van der Waals surface area contributed by atoms with Crippen LogP contribution in [0.3, 0.4) is 0 Å². The van der Waals surface area contributed by atoms with E-state index < -0.39 is 5.97 Å². The van der Waals surface area contributed by atoms with Gasteiger partial charge in [-0.1, -0.05) is 32.1 Å². The van der Waals surface area contributed by atoms with Crippen molar-refractivity contribution in [3.63, 3.8) is 0 Å². The molecule has 1 N–H and O–H groups in total. The Morgan fingerprint density at radius 1 is 1.00 bits per heavy atom. The van der Waals surface area contributed by atoms with Crippen LogP contribution in [0.25, 0.3) is 16.7 Å². The molecule has 6 heteroatoms. The molecule has 4 nitrogen and oxygen atoms in total. The molecule has 2 aliphatic carbocycles. The van der Waals surface area contributed by atoms with E-state index in [2.05, 4.69) is 19.9 Å². The first-order chi connectivity index (χ1) is 18.2. The first kappa shape index (κ1) is 26.0. The molecule has 5 rings (SSSR count). The minimum Gasteiger partial charge on any atom is -0.497 e. The van der Waals surface area contributed by atoms with Crippen LogP contribution in [0.2, 0.25) is 0 Å². The highest BCUT2D eigenvalue weighted by Gasteiger charge is 2.31. The molecular weight excluding hydrogens is 486 g/mol. The molecule has 2 aliphatic rings. The number of benzene rings is 3. The minimum absolute atomic E-state index is 0.0214. The molecule has 0 saturated heterocycles. The van der Waals surface area contributed by atoms with Gasteiger partial charge < -0.3 is 14.6 Å². The van der Waals surface area contributed by atoms with Crippen LogP contribution in [0, 0.1) is 17.0 Å². The van der Waals surface area contributed by atoms with Gasteiger partial charge in [-0.2, -0.15) is 0 Å². The minimum atomic E-state index is -0.890. The third kappa shape index (κ3) is 5.04. The monoisotopic (exact) mass is 518 g/mol. The number of allylic oxidation sites excluding steroid dienone is 2. The first-order valence-corrected chi connectivity index (χ1v) is 13.0. The van der Waals surface area contributed by atoms with Crippen LogP contribution in [0.4, 0.5) is 8.78 Å². The molecule has 0 aliphatic heterocycles. The lowest BCUT2D eigenvalue weighted by atomic mass is 9.79. The highest BCUT2D eigenvalue weighted by molar-refractivity contribution is 5.85. The number of halogens is 2. The third-order valence-electron chi connectivity index (χ3n) is 7.90. The highest BCUT2D eigenvalue weighted by Crippen LogP contribution is 2.47. The summed E-state index contributed by atoms with van der Waals surface area (Å²) in [7, 11) is 1.56. The Kier molecular flexibility index (Phi) is 6.99. The highest BCUT2D eigenvalue weighted by atomic mass is 19.1. The summed E-state index contributed by atoms with van der Waals surface area (Å²) in [5.74, 6) is -0.813. The second-order valence-corrected chi connectivity index (χ2v) is 10.9. The molecule has 3 aromatic carbocycles. The van der Waals surface area contributed by atoms with Crippen molar-refractivity contribution < 1.29 is 28.2 Å². The molecule has 0 spiro atoms. The number of ether oxygens (including phenoxy) is 2. The van der Waals surface area contributed by atoms with E-state index in [1.165, 1.54) is 12.1 Å². The number of fused-ring (bicyclic) bond motifs is 1. The Morgan fingerprint density at radius 2 is 1.82 bits per heavy atom. The van der Waals surface area contributed by atoms with Gasteiger partial charge in [-0.25, -0.2) is 8.78 Å². The standard InChI is InChI=1S/C32H32F2O4/c1-32(2)12-4-5-28(32)26-13-19(6-9-23(26)27-15-21(37-3)8-11-29(27)33)18-38-22-16-25-20(14-31(35)36)7-10-24(25)30(34)17-22/h5-6,8-9,11,13,15-17,20H,4,7,10,12,14,18H2,1-3H3,(H,35,36)/t20-/m1/s1. The summed E-state index contributed by atoms with van der Waals surface area (Å²) in [5, 5.41) is 9.23. The zero-order chi connectivity index (χ0) is 27.0. The lowest BCUT2D eigenvalue weighted by Gasteiger charge is -2.25. The number of methoxy groups -OCH3 is 1. The summed E-state index contributed by atoms with van der Waals surface area (Å²) in [6.07, 6.45) is 5.32. The van der Waals surface area contributed by atoms with E-state index in [4.69, 9.17) is 9.47 Å². The Balaban J connectivity index is 1.48. The van der Waals surface area contributed by atoms with E-state index in [1.54, 1.807) is 25.3 Å².